The second-order valence-electron chi connectivity index (χ2n) is 7.58. The summed E-state index contributed by atoms with van der Waals surface area (Å²) in [5.41, 5.74) is 5.76. The highest BCUT2D eigenvalue weighted by molar-refractivity contribution is 5.99. The molecule has 0 spiro atoms. The molecule has 148 valence electrons. The lowest BCUT2D eigenvalue weighted by Crippen LogP contribution is -2.07. The summed E-state index contributed by atoms with van der Waals surface area (Å²) in [6.07, 6.45) is 5.89. The molecule has 1 aliphatic rings. The van der Waals surface area contributed by atoms with E-state index < -0.39 is 0 Å². The van der Waals surface area contributed by atoms with Gasteiger partial charge in [0.15, 0.2) is 11.5 Å². The first-order chi connectivity index (χ1) is 14.0. The smallest absolute Gasteiger partial charge is 0.198 e. The van der Waals surface area contributed by atoms with Gasteiger partial charge in [0.1, 0.15) is 11.5 Å². The zero-order valence-electron chi connectivity index (χ0n) is 16.6. The first kappa shape index (κ1) is 19.1. The number of ketones is 1. The lowest BCUT2D eigenvalue weighted by Gasteiger charge is -2.18. The van der Waals surface area contributed by atoms with Crippen LogP contribution in [-0.4, -0.2) is 16.0 Å². The summed E-state index contributed by atoms with van der Waals surface area (Å²) in [5, 5.41) is 19.9. The van der Waals surface area contributed by atoms with Crippen molar-refractivity contribution in [2.45, 2.75) is 39.0 Å². The minimum Gasteiger partial charge on any atom is -0.508 e. The maximum Gasteiger partial charge on any atom is 0.198 e. The molecule has 0 radical (unpaired) electrons. The molecule has 1 heterocycles. The Morgan fingerprint density at radius 1 is 1.03 bits per heavy atom. The van der Waals surface area contributed by atoms with E-state index in [0.717, 1.165) is 46.2 Å². The quantitative estimate of drug-likeness (QED) is 0.504. The summed E-state index contributed by atoms with van der Waals surface area (Å²) in [5.74, 6) is 0.576. The summed E-state index contributed by atoms with van der Waals surface area (Å²) in [6.45, 7) is 4.02. The normalized spacial score (nSPS) is 15.2. The Hall–Kier alpha value is -3.27. The Bertz CT molecular complexity index is 1090. The number of carbonyl (C=O) groups excluding carboxylic acids is 1. The van der Waals surface area contributed by atoms with Crippen LogP contribution in [-0.2, 0) is 0 Å². The van der Waals surface area contributed by atoms with Crippen molar-refractivity contribution in [3.8, 4) is 11.5 Å². The number of hydrogen-bond acceptors (Lipinski definition) is 4. The van der Waals surface area contributed by atoms with Crippen LogP contribution in [0.3, 0.4) is 0 Å². The van der Waals surface area contributed by atoms with E-state index in [2.05, 4.69) is 13.0 Å². The number of carbonyl (C=O) groups is 1. The standard InChI is InChI=1S/C25H24O4/c1-3-4-5-23(28)25-19(10-11-29-25)24-21(16-6-8-17(26)9-7-16)14-20-15(2)12-18(27)13-22(20)24/h6-14,24,26-27H,3-5H2,1-2H3. The molecule has 1 aromatic heterocycles. The fourth-order valence-electron chi connectivity index (χ4n) is 4.11. The molecule has 1 aliphatic carbocycles. The van der Waals surface area contributed by atoms with E-state index in [1.165, 1.54) is 0 Å². The molecule has 2 N–H and O–H groups in total. The summed E-state index contributed by atoms with van der Waals surface area (Å²) < 4.78 is 5.64. The summed E-state index contributed by atoms with van der Waals surface area (Å²) >= 11 is 0. The molecule has 4 nitrogen and oxygen atoms in total. The molecule has 2 aromatic carbocycles. The van der Waals surface area contributed by atoms with Crippen molar-refractivity contribution < 1.29 is 19.4 Å². The van der Waals surface area contributed by atoms with Gasteiger partial charge >= 0.3 is 0 Å². The van der Waals surface area contributed by atoms with Gasteiger partial charge in [-0.15, -0.1) is 0 Å². The van der Waals surface area contributed by atoms with Crippen LogP contribution in [0.1, 0.15) is 70.5 Å². The zero-order valence-corrected chi connectivity index (χ0v) is 16.6. The Morgan fingerprint density at radius 3 is 2.52 bits per heavy atom. The number of Topliss-reactive ketones (excluding diaryl/α,β-unsaturated/α-hetero) is 1. The summed E-state index contributed by atoms with van der Waals surface area (Å²) in [7, 11) is 0. The lowest BCUT2D eigenvalue weighted by atomic mass is 9.84. The van der Waals surface area contributed by atoms with Gasteiger partial charge in [-0.05, 0) is 77.6 Å². The van der Waals surface area contributed by atoms with Crippen molar-refractivity contribution in [2.24, 2.45) is 0 Å². The molecule has 0 aliphatic heterocycles. The number of rotatable bonds is 6. The Morgan fingerprint density at radius 2 is 1.79 bits per heavy atom. The molecule has 4 rings (SSSR count). The van der Waals surface area contributed by atoms with Gasteiger partial charge in [0, 0.05) is 17.9 Å². The minimum absolute atomic E-state index is 0.00207. The van der Waals surface area contributed by atoms with E-state index in [0.29, 0.717) is 12.2 Å². The van der Waals surface area contributed by atoms with E-state index in [-0.39, 0.29) is 23.2 Å². The average molecular weight is 388 g/mol. The zero-order chi connectivity index (χ0) is 20.5. The third-order valence-corrected chi connectivity index (χ3v) is 5.54. The van der Waals surface area contributed by atoms with Crippen molar-refractivity contribution in [1.82, 2.24) is 0 Å². The highest BCUT2D eigenvalue weighted by Crippen LogP contribution is 2.49. The number of furan rings is 1. The molecule has 0 saturated carbocycles. The summed E-state index contributed by atoms with van der Waals surface area (Å²) in [6, 6.07) is 12.4. The van der Waals surface area contributed by atoms with Gasteiger partial charge in [0.2, 0.25) is 0 Å². The predicted molar refractivity (Wildman–Crippen MR) is 113 cm³/mol. The van der Waals surface area contributed by atoms with Gasteiger partial charge in [-0.1, -0.05) is 25.5 Å². The maximum atomic E-state index is 12.8. The van der Waals surface area contributed by atoms with Gasteiger partial charge in [0.25, 0.3) is 0 Å². The molecular formula is C25H24O4. The topological polar surface area (TPSA) is 70.7 Å². The van der Waals surface area contributed by atoms with E-state index in [1.807, 2.05) is 25.1 Å². The van der Waals surface area contributed by atoms with Crippen molar-refractivity contribution in [3.05, 3.63) is 82.3 Å². The van der Waals surface area contributed by atoms with Gasteiger partial charge in [0.05, 0.1) is 6.26 Å². The molecule has 3 aromatic rings. The van der Waals surface area contributed by atoms with E-state index in [9.17, 15) is 15.0 Å². The molecular weight excluding hydrogens is 364 g/mol. The molecule has 0 fully saturated rings. The number of unbranched alkanes of at least 4 members (excludes halogenated alkanes) is 1. The van der Waals surface area contributed by atoms with Crippen LogP contribution >= 0.6 is 0 Å². The lowest BCUT2D eigenvalue weighted by molar-refractivity contribution is 0.0951. The van der Waals surface area contributed by atoms with Crippen molar-refractivity contribution in [1.29, 1.82) is 0 Å². The van der Waals surface area contributed by atoms with E-state index >= 15 is 0 Å². The second kappa shape index (κ2) is 7.63. The van der Waals surface area contributed by atoms with Crippen LogP contribution in [0.15, 0.2) is 53.1 Å². The average Bonchev–Trinajstić information content (AvgIpc) is 3.31. The summed E-state index contributed by atoms with van der Waals surface area (Å²) in [4.78, 5) is 12.8. The van der Waals surface area contributed by atoms with Crippen LogP contribution in [0.4, 0.5) is 0 Å². The fraction of sp³-hybridized carbons (Fsp3) is 0.240. The van der Waals surface area contributed by atoms with Gasteiger partial charge < -0.3 is 14.6 Å². The molecule has 4 heteroatoms. The van der Waals surface area contributed by atoms with Crippen molar-refractivity contribution >= 4 is 17.4 Å². The third kappa shape index (κ3) is 3.46. The van der Waals surface area contributed by atoms with Crippen LogP contribution in [0.5, 0.6) is 11.5 Å². The number of allylic oxidation sites excluding steroid dienone is 1. The van der Waals surface area contributed by atoms with Crippen molar-refractivity contribution in [2.75, 3.05) is 0 Å². The Balaban J connectivity index is 1.86. The molecule has 0 amide bonds. The van der Waals surface area contributed by atoms with E-state index in [1.54, 1.807) is 30.5 Å². The number of aryl methyl sites for hydroxylation is 1. The number of phenols is 2. The van der Waals surface area contributed by atoms with Gasteiger partial charge in [-0.25, -0.2) is 0 Å². The molecule has 29 heavy (non-hydrogen) atoms. The largest absolute Gasteiger partial charge is 0.508 e. The number of benzene rings is 2. The van der Waals surface area contributed by atoms with E-state index in [4.69, 9.17) is 4.42 Å². The molecule has 1 atom stereocenters. The Labute approximate surface area is 170 Å². The second-order valence-corrected chi connectivity index (χ2v) is 7.58. The minimum atomic E-state index is -0.223. The number of aromatic hydroxyl groups is 2. The molecule has 0 saturated heterocycles. The number of fused-ring (bicyclic) bond motifs is 1. The maximum absolute atomic E-state index is 12.8. The van der Waals surface area contributed by atoms with Gasteiger partial charge in [-0.2, -0.15) is 0 Å². The SMILES string of the molecule is CCCCC(=O)c1occc1C1C(c2ccc(O)cc2)=Cc2c(C)cc(O)cc21. The number of phenolic OH excluding ortho intramolecular Hbond substituents is 2. The highest BCUT2D eigenvalue weighted by Gasteiger charge is 2.33. The monoisotopic (exact) mass is 388 g/mol. The van der Waals surface area contributed by atoms with Crippen LogP contribution < -0.4 is 0 Å². The predicted octanol–water partition coefficient (Wildman–Crippen LogP) is 6.06. The molecule has 0 bridgehead atoms. The fourth-order valence-corrected chi connectivity index (χ4v) is 4.11. The first-order valence-electron chi connectivity index (χ1n) is 9.94. The van der Waals surface area contributed by atoms with Crippen LogP contribution in [0.2, 0.25) is 0 Å². The highest BCUT2D eigenvalue weighted by atomic mass is 16.3. The van der Waals surface area contributed by atoms with Crippen LogP contribution in [0, 0.1) is 6.92 Å². The van der Waals surface area contributed by atoms with Crippen LogP contribution in [0.25, 0.3) is 11.6 Å². The van der Waals surface area contributed by atoms with Gasteiger partial charge in [-0.3, -0.25) is 4.79 Å². The first-order valence-corrected chi connectivity index (χ1v) is 9.94. The third-order valence-electron chi connectivity index (χ3n) is 5.54. The Kier molecular flexibility index (Phi) is 5.01. The molecule has 1 unspecified atom stereocenters. The van der Waals surface area contributed by atoms with Crippen molar-refractivity contribution in [3.63, 3.8) is 0 Å². The number of hydrogen-bond donors (Lipinski definition) is 2.